The fourth-order valence-electron chi connectivity index (χ4n) is 2.28. The maximum absolute atomic E-state index is 12.2. The molecule has 1 heterocycles. The highest BCUT2D eigenvalue weighted by atomic mass is 35.5. The van der Waals surface area contributed by atoms with Gasteiger partial charge >= 0.3 is 0 Å². The number of nitrogens with zero attached hydrogens (tertiary/aromatic N) is 1. The summed E-state index contributed by atoms with van der Waals surface area (Å²) in [7, 11) is 0. The van der Waals surface area contributed by atoms with Crippen LogP contribution in [-0.4, -0.2) is 29.8 Å². The molecule has 0 radical (unpaired) electrons. The van der Waals surface area contributed by atoms with E-state index in [1.807, 2.05) is 0 Å². The molecule has 1 aliphatic rings. The van der Waals surface area contributed by atoms with Crippen LogP contribution in [-0.2, 0) is 9.59 Å². The molecular weight excluding hydrogens is 299 g/mol. The van der Waals surface area contributed by atoms with Gasteiger partial charge in [0.2, 0.25) is 11.8 Å². The number of carbonyl (C=O) groups is 2. The van der Waals surface area contributed by atoms with Crippen LogP contribution >= 0.6 is 23.2 Å². The standard InChI is InChI=1S/C14H16Cl2N2O2/c1-9(19)18-6-4-10(5-7-18)14(20)17-13-8-11(15)2-3-12(13)16/h2-3,8,10H,4-7H2,1H3,(H,17,20). The molecule has 2 rings (SSSR count). The van der Waals surface area contributed by atoms with Crippen LogP contribution in [0.3, 0.4) is 0 Å². The normalized spacial score (nSPS) is 16.1. The molecule has 0 spiro atoms. The van der Waals surface area contributed by atoms with Crippen LogP contribution in [0.1, 0.15) is 19.8 Å². The fraction of sp³-hybridized carbons (Fsp3) is 0.429. The third-order valence-electron chi connectivity index (χ3n) is 3.50. The van der Waals surface area contributed by atoms with Crippen molar-refractivity contribution in [3.63, 3.8) is 0 Å². The van der Waals surface area contributed by atoms with Crippen molar-refractivity contribution in [3.8, 4) is 0 Å². The number of hydrogen-bond acceptors (Lipinski definition) is 2. The SMILES string of the molecule is CC(=O)N1CCC(C(=O)Nc2cc(Cl)ccc2Cl)CC1. The van der Waals surface area contributed by atoms with E-state index >= 15 is 0 Å². The number of piperidine rings is 1. The fourth-order valence-corrected chi connectivity index (χ4v) is 2.62. The second kappa shape index (κ2) is 6.46. The number of likely N-dealkylation sites (tertiary alicyclic amines) is 1. The molecule has 0 atom stereocenters. The van der Waals surface area contributed by atoms with Crippen LogP contribution in [0.2, 0.25) is 10.0 Å². The van der Waals surface area contributed by atoms with Crippen molar-refractivity contribution in [2.45, 2.75) is 19.8 Å². The molecule has 2 amide bonds. The first kappa shape index (κ1) is 15.1. The highest BCUT2D eigenvalue weighted by Gasteiger charge is 2.26. The largest absolute Gasteiger partial charge is 0.343 e. The molecule has 6 heteroatoms. The lowest BCUT2D eigenvalue weighted by atomic mass is 9.96. The zero-order chi connectivity index (χ0) is 14.7. The lowest BCUT2D eigenvalue weighted by Crippen LogP contribution is -2.40. The van der Waals surface area contributed by atoms with Gasteiger partial charge in [-0.1, -0.05) is 23.2 Å². The van der Waals surface area contributed by atoms with Crippen LogP contribution in [0.25, 0.3) is 0 Å². The number of halogens is 2. The van der Waals surface area contributed by atoms with E-state index in [9.17, 15) is 9.59 Å². The summed E-state index contributed by atoms with van der Waals surface area (Å²) in [5, 5.41) is 3.79. The Morgan fingerprint density at radius 1 is 1.25 bits per heavy atom. The van der Waals surface area contributed by atoms with Crippen molar-refractivity contribution in [1.29, 1.82) is 0 Å². The summed E-state index contributed by atoms with van der Waals surface area (Å²) in [6, 6.07) is 4.95. The Kier molecular flexibility index (Phi) is 4.89. The number of anilines is 1. The van der Waals surface area contributed by atoms with Gasteiger partial charge in [-0.3, -0.25) is 9.59 Å². The Balaban J connectivity index is 1.96. The van der Waals surface area contributed by atoms with E-state index in [0.29, 0.717) is 41.7 Å². The van der Waals surface area contributed by atoms with Crippen LogP contribution in [0.4, 0.5) is 5.69 Å². The Bertz CT molecular complexity index is 526. The second-order valence-corrected chi connectivity index (χ2v) is 5.74. The average Bonchev–Trinajstić information content (AvgIpc) is 2.43. The molecule has 1 aliphatic heterocycles. The summed E-state index contributed by atoms with van der Waals surface area (Å²) in [5.41, 5.74) is 0.526. The summed E-state index contributed by atoms with van der Waals surface area (Å²) in [6.07, 6.45) is 1.34. The van der Waals surface area contributed by atoms with Crippen molar-refractivity contribution in [2.75, 3.05) is 18.4 Å². The third kappa shape index (κ3) is 3.64. The van der Waals surface area contributed by atoms with Crippen LogP contribution in [0.15, 0.2) is 18.2 Å². The van der Waals surface area contributed by atoms with Gasteiger partial charge in [-0.2, -0.15) is 0 Å². The highest BCUT2D eigenvalue weighted by Crippen LogP contribution is 2.27. The zero-order valence-corrected chi connectivity index (χ0v) is 12.7. The summed E-state index contributed by atoms with van der Waals surface area (Å²) < 4.78 is 0. The molecule has 1 N–H and O–H groups in total. The average molecular weight is 315 g/mol. The molecule has 1 saturated heterocycles. The Labute approximate surface area is 128 Å². The van der Waals surface area contributed by atoms with Gasteiger partial charge in [-0.15, -0.1) is 0 Å². The molecule has 4 nitrogen and oxygen atoms in total. The maximum atomic E-state index is 12.2. The first-order valence-electron chi connectivity index (χ1n) is 6.49. The van der Waals surface area contributed by atoms with E-state index in [0.717, 1.165) is 0 Å². The highest BCUT2D eigenvalue weighted by molar-refractivity contribution is 6.35. The Morgan fingerprint density at radius 3 is 2.50 bits per heavy atom. The van der Waals surface area contributed by atoms with Gasteiger partial charge in [0, 0.05) is 31.0 Å². The summed E-state index contributed by atoms with van der Waals surface area (Å²) in [5.74, 6) is -0.111. The molecule has 0 unspecified atom stereocenters. The predicted octanol–water partition coefficient (Wildman–Crippen LogP) is 3.19. The number of hydrogen-bond donors (Lipinski definition) is 1. The minimum atomic E-state index is -0.0966. The van der Waals surface area contributed by atoms with Gasteiger partial charge < -0.3 is 10.2 Å². The Morgan fingerprint density at radius 2 is 1.90 bits per heavy atom. The molecule has 0 aliphatic carbocycles. The molecule has 108 valence electrons. The first-order chi connectivity index (χ1) is 9.47. The second-order valence-electron chi connectivity index (χ2n) is 4.89. The lowest BCUT2D eigenvalue weighted by molar-refractivity contribution is -0.132. The quantitative estimate of drug-likeness (QED) is 0.911. The van der Waals surface area contributed by atoms with Gasteiger partial charge in [0.15, 0.2) is 0 Å². The number of amides is 2. The van der Waals surface area contributed by atoms with E-state index in [-0.39, 0.29) is 17.7 Å². The van der Waals surface area contributed by atoms with Gasteiger partial charge in [0.25, 0.3) is 0 Å². The summed E-state index contributed by atoms with van der Waals surface area (Å²) >= 11 is 11.9. The van der Waals surface area contributed by atoms with Gasteiger partial charge in [0.05, 0.1) is 10.7 Å². The van der Waals surface area contributed by atoms with Gasteiger partial charge in [-0.25, -0.2) is 0 Å². The van der Waals surface area contributed by atoms with Crippen LogP contribution < -0.4 is 5.32 Å². The molecule has 1 fully saturated rings. The van der Waals surface area contributed by atoms with Crippen molar-refractivity contribution in [1.82, 2.24) is 4.90 Å². The smallest absolute Gasteiger partial charge is 0.227 e. The number of rotatable bonds is 2. The third-order valence-corrected chi connectivity index (χ3v) is 4.06. The topological polar surface area (TPSA) is 49.4 Å². The van der Waals surface area contributed by atoms with Crippen LogP contribution in [0, 0.1) is 5.92 Å². The molecule has 0 saturated carbocycles. The first-order valence-corrected chi connectivity index (χ1v) is 7.24. The maximum Gasteiger partial charge on any atom is 0.227 e. The minimum absolute atomic E-state index is 0.0572. The van der Waals surface area contributed by atoms with E-state index < -0.39 is 0 Å². The van der Waals surface area contributed by atoms with Gasteiger partial charge in [-0.05, 0) is 31.0 Å². The summed E-state index contributed by atoms with van der Waals surface area (Å²) in [6.45, 7) is 2.79. The molecule has 0 bridgehead atoms. The van der Waals surface area contributed by atoms with E-state index in [2.05, 4.69) is 5.32 Å². The van der Waals surface area contributed by atoms with Crippen molar-refractivity contribution < 1.29 is 9.59 Å². The number of carbonyl (C=O) groups excluding carboxylic acids is 2. The van der Waals surface area contributed by atoms with E-state index in [1.165, 1.54) is 0 Å². The molecule has 1 aromatic carbocycles. The lowest BCUT2D eigenvalue weighted by Gasteiger charge is -2.30. The van der Waals surface area contributed by atoms with Crippen molar-refractivity contribution in [3.05, 3.63) is 28.2 Å². The summed E-state index contributed by atoms with van der Waals surface area (Å²) in [4.78, 5) is 25.2. The molecule has 0 aromatic heterocycles. The molecule has 1 aromatic rings. The minimum Gasteiger partial charge on any atom is -0.343 e. The van der Waals surface area contributed by atoms with Gasteiger partial charge in [0.1, 0.15) is 0 Å². The van der Waals surface area contributed by atoms with E-state index in [4.69, 9.17) is 23.2 Å². The molecule has 20 heavy (non-hydrogen) atoms. The zero-order valence-electron chi connectivity index (χ0n) is 11.2. The monoisotopic (exact) mass is 314 g/mol. The Hall–Kier alpha value is -1.26. The van der Waals surface area contributed by atoms with E-state index in [1.54, 1.807) is 30.0 Å². The number of benzene rings is 1. The number of nitrogens with one attached hydrogen (secondary N) is 1. The predicted molar refractivity (Wildman–Crippen MR) is 80.1 cm³/mol. The van der Waals surface area contributed by atoms with Crippen molar-refractivity contribution >= 4 is 40.7 Å². The van der Waals surface area contributed by atoms with Crippen molar-refractivity contribution in [2.24, 2.45) is 5.92 Å². The molecular formula is C14H16Cl2N2O2. The van der Waals surface area contributed by atoms with Crippen LogP contribution in [0.5, 0.6) is 0 Å².